The molecule has 102 valence electrons. The minimum absolute atomic E-state index is 0.649. The van der Waals surface area contributed by atoms with Gasteiger partial charge in [-0.05, 0) is 26.0 Å². The van der Waals surface area contributed by atoms with Crippen LogP contribution in [0.15, 0.2) is 18.3 Å². The van der Waals surface area contributed by atoms with Crippen LogP contribution in [0.1, 0.15) is 13.8 Å². The molecule has 5 heteroatoms. The van der Waals surface area contributed by atoms with E-state index in [4.69, 9.17) is 9.47 Å². The zero-order valence-corrected chi connectivity index (χ0v) is 12.6. The highest BCUT2D eigenvalue weighted by atomic mass is 79.9. The lowest BCUT2D eigenvalue weighted by atomic mass is 10.3. The molecule has 0 unspecified atom stereocenters. The summed E-state index contributed by atoms with van der Waals surface area (Å²) in [4.78, 5) is 6.57. The Kier molecular flexibility index (Phi) is 7.76. The molecule has 0 N–H and O–H groups in total. The van der Waals surface area contributed by atoms with Crippen LogP contribution in [-0.4, -0.2) is 43.2 Å². The molecule has 0 saturated carbocycles. The first kappa shape index (κ1) is 15.2. The molecule has 0 aliphatic heterocycles. The van der Waals surface area contributed by atoms with Gasteiger partial charge in [0.1, 0.15) is 0 Å². The van der Waals surface area contributed by atoms with Gasteiger partial charge in [-0.2, -0.15) is 0 Å². The number of anilines is 1. The van der Waals surface area contributed by atoms with Crippen LogP contribution >= 0.6 is 15.9 Å². The number of likely N-dealkylation sites (N-methyl/N-ethyl adjacent to an activating group) is 1. The highest BCUT2D eigenvalue weighted by Gasteiger charge is 2.11. The fourth-order valence-electron chi connectivity index (χ4n) is 1.63. The molecule has 0 spiro atoms. The van der Waals surface area contributed by atoms with E-state index in [2.05, 4.69) is 32.7 Å². The van der Waals surface area contributed by atoms with E-state index in [1.165, 1.54) is 0 Å². The molecule has 18 heavy (non-hydrogen) atoms. The molecule has 0 amide bonds. The normalized spacial score (nSPS) is 10.4. The van der Waals surface area contributed by atoms with Crippen molar-refractivity contribution in [1.82, 2.24) is 4.98 Å². The minimum Gasteiger partial charge on any atom is -0.490 e. The summed E-state index contributed by atoms with van der Waals surface area (Å²) in [7, 11) is 0. The van der Waals surface area contributed by atoms with Crippen LogP contribution in [0.4, 0.5) is 5.82 Å². The van der Waals surface area contributed by atoms with E-state index < -0.39 is 0 Å². The summed E-state index contributed by atoms with van der Waals surface area (Å²) in [6, 6.07) is 3.84. The summed E-state index contributed by atoms with van der Waals surface area (Å²) >= 11 is 3.34. The monoisotopic (exact) mass is 316 g/mol. The summed E-state index contributed by atoms with van der Waals surface area (Å²) < 4.78 is 11.1. The van der Waals surface area contributed by atoms with Gasteiger partial charge in [0.2, 0.25) is 0 Å². The van der Waals surface area contributed by atoms with Gasteiger partial charge < -0.3 is 14.4 Å². The molecule has 0 atom stereocenters. The highest BCUT2D eigenvalue weighted by Crippen LogP contribution is 2.24. The van der Waals surface area contributed by atoms with Crippen LogP contribution in [0.3, 0.4) is 0 Å². The van der Waals surface area contributed by atoms with Crippen LogP contribution in [0.25, 0.3) is 0 Å². The zero-order valence-electron chi connectivity index (χ0n) is 11.1. The quantitative estimate of drug-likeness (QED) is 0.518. The Morgan fingerprint density at radius 2 is 2.17 bits per heavy atom. The number of halogens is 1. The van der Waals surface area contributed by atoms with Gasteiger partial charge in [0.05, 0.1) is 19.8 Å². The van der Waals surface area contributed by atoms with Crippen molar-refractivity contribution in [2.24, 2.45) is 0 Å². The largest absolute Gasteiger partial charge is 0.490 e. The molecule has 1 heterocycles. The molecule has 0 aromatic carbocycles. The number of ether oxygens (including phenoxy) is 2. The van der Waals surface area contributed by atoms with Crippen molar-refractivity contribution in [3.8, 4) is 5.75 Å². The minimum atomic E-state index is 0.649. The topological polar surface area (TPSA) is 34.6 Å². The Balaban J connectivity index is 2.62. The fourth-order valence-corrected chi connectivity index (χ4v) is 1.86. The first-order chi connectivity index (χ1) is 8.83. The van der Waals surface area contributed by atoms with Crippen molar-refractivity contribution in [2.45, 2.75) is 13.8 Å². The summed E-state index contributed by atoms with van der Waals surface area (Å²) in [6.07, 6.45) is 1.79. The standard InChI is InChI=1S/C13H21BrN2O2/c1-3-16(9-11-17-10-7-14)13-12(18-4-2)6-5-8-15-13/h5-6,8H,3-4,7,9-11H2,1-2H3. The van der Waals surface area contributed by atoms with Gasteiger partial charge in [0.25, 0.3) is 0 Å². The zero-order chi connectivity index (χ0) is 13.2. The molecule has 1 aromatic heterocycles. The molecule has 0 fully saturated rings. The van der Waals surface area contributed by atoms with Gasteiger partial charge in [-0.3, -0.25) is 0 Å². The molecule has 1 rings (SSSR count). The fraction of sp³-hybridized carbons (Fsp3) is 0.615. The second kappa shape index (κ2) is 9.16. The average molecular weight is 317 g/mol. The van der Waals surface area contributed by atoms with E-state index in [0.717, 1.165) is 36.6 Å². The van der Waals surface area contributed by atoms with Gasteiger partial charge in [0.15, 0.2) is 11.6 Å². The van der Waals surface area contributed by atoms with Gasteiger partial charge >= 0.3 is 0 Å². The number of hydrogen-bond donors (Lipinski definition) is 0. The lowest BCUT2D eigenvalue weighted by molar-refractivity contribution is 0.157. The van der Waals surface area contributed by atoms with Crippen LogP contribution in [0, 0.1) is 0 Å². The van der Waals surface area contributed by atoms with Gasteiger partial charge in [-0.1, -0.05) is 15.9 Å². The molecule has 0 saturated heterocycles. The van der Waals surface area contributed by atoms with Crippen molar-refractivity contribution in [1.29, 1.82) is 0 Å². The highest BCUT2D eigenvalue weighted by molar-refractivity contribution is 9.09. The van der Waals surface area contributed by atoms with E-state index in [1.54, 1.807) is 6.20 Å². The summed E-state index contributed by atoms with van der Waals surface area (Å²) in [5.41, 5.74) is 0. The first-order valence-electron chi connectivity index (χ1n) is 6.29. The molecule has 0 aliphatic carbocycles. The number of aromatic nitrogens is 1. The van der Waals surface area contributed by atoms with E-state index >= 15 is 0 Å². The second-order valence-electron chi connectivity index (χ2n) is 3.64. The Hall–Kier alpha value is -0.810. The third kappa shape index (κ3) is 4.82. The third-order valence-electron chi connectivity index (χ3n) is 2.46. The van der Waals surface area contributed by atoms with Crippen molar-refractivity contribution >= 4 is 21.7 Å². The van der Waals surface area contributed by atoms with Gasteiger partial charge in [-0.25, -0.2) is 4.98 Å². The first-order valence-corrected chi connectivity index (χ1v) is 7.42. The lowest BCUT2D eigenvalue weighted by Crippen LogP contribution is -2.28. The van der Waals surface area contributed by atoms with Crippen LogP contribution < -0.4 is 9.64 Å². The van der Waals surface area contributed by atoms with Crippen molar-refractivity contribution in [3.05, 3.63) is 18.3 Å². The van der Waals surface area contributed by atoms with Crippen LogP contribution in [-0.2, 0) is 4.74 Å². The number of nitrogens with zero attached hydrogens (tertiary/aromatic N) is 2. The summed E-state index contributed by atoms with van der Waals surface area (Å²) in [5, 5.41) is 0.868. The Morgan fingerprint density at radius 3 is 2.83 bits per heavy atom. The SMILES string of the molecule is CCOc1cccnc1N(CC)CCOCCBr. The third-order valence-corrected chi connectivity index (χ3v) is 2.78. The predicted octanol–water partition coefficient (Wildman–Crippen LogP) is 2.72. The van der Waals surface area contributed by atoms with Gasteiger partial charge in [-0.15, -0.1) is 0 Å². The van der Waals surface area contributed by atoms with Crippen LogP contribution in [0.2, 0.25) is 0 Å². The maximum absolute atomic E-state index is 5.59. The lowest BCUT2D eigenvalue weighted by Gasteiger charge is -2.23. The summed E-state index contributed by atoms with van der Waals surface area (Å²) in [5.74, 6) is 1.73. The van der Waals surface area contributed by atoms with E-state index in [0.29, 0.717) is 13.2 Å². The van der Waals surface area contributed by atoms with Crippen molar-refractivity contribution in [2.75, 3.05) is 43.1 Å². The maximum atomic E-state index is 5.59. The number of rotatable bonds is 9. The molecule has 0 bridgehead atoms. The molecular formula is C13H21BrN2O2. The van der Waals surface area contributed by atoms with Crippen molar-refractivity contribution < 1.29 is 9.47 Å². The smallest absolute Gasteiger partial charge is 0.171 e. The molecular weight excluding hydrogens is 296 g/mol. The molecule has 0 aliphatic rings. The average Bonchev–Trinajstić information content (AvgIpc) is 2.41. The van der Waals surface area contributed by atoms with E-state index in [9.17, 15) is 0 Å². The number of alkyl halides is 1. The number of pyridine rings is 1. The molecule has 4 nitrogen and oxygen atoms in total. The summed E-state index contributed by atoms with van der Waals surface area (Å²) in [6.45, 7) is 7.87. The van der Waals surface area contributed by atoms with E-state index in [1.807, 2.05) is 19.1 Å². The predicted molar refractivity (Wildman–Crippen MR) is 77.9 cm³/mol. The van der Waals surface area contributed by atoms with Gasteiger partial charge in [0, 0.05) is 24.6 Å². The maximum Gasteiger partial charge on any atom is 0.171 e. The van der Waals surface area contributed by atoms with Crippen LogP contribution in [0.5, 0.6) is 5.75 Å². The Labute approximate surface area is 117 Å². The molecule has 0 radical (unpaired) electrons. The van der Waals surface area contributed by atoms with Crippen molar-refractivity contribution in [3.63, 3.8) is 0 Å². The molecule has 1 aromatic rings. The van der Waals surface area contributed by atoms with E-state index in [-0.39, 0.29) is 0 Å². The second-order valence-corrected chi connectivity index (χ2v) is 4.43. The Morgan fingerprint density at radius 1 is 1.33 bits per heavy atom. The number of hydrogen-bond acceptors (Lipinski definition) is 4. The Bertz CT molecular complexity index is 337.